The lowest BCUT2D eigenvalue weighted by Gasteiger charge is -2.03. The van der Waals surface area contributed by atoms with Crippen LogP contribution in [-0.2, 0) is 0 Å². The third-order valence-corrected chi connectivity index (χ3v) is 2.51. The Bertz CT molecular complexity index is 503. The van der Waals surface area contributed by atoms with E-state index in [1.54, 1.807) is 0 Å². The number of hydrogen-bond acceptors (Lipinski definition) is 1. The molecule has 0 radical (unpaired) electrons. The normalized spacial score (nSPS) is 10.4. The van der Waals surface area contributed by atoms with Crippen LogP contribution in [0.2, 0.25) is 0 Å². The lowest BCUT2D eigenvalue weighted by Crippen LogP contribution is -2.04. The number of nitrogens with one attached hydrogen (secondary N) is 1. The largest absolute Gasteiger partial charge is 0.347 e. The molecule has 0 unspecified atom stereocenters. The molecule has 0 aliphatic carbocycles. The molecule has 0 saturated heterocycles. The molecule has 0 bridgehead atoms. The molecule has 0 heterocycles. The molecule has 1 N–H and O–H groups in total. The van der Waals surface area contributed by atoms with Gasteiger partial charge >= 0.3 is 0 Å². The van der Waals surface area contributed by atoms with Crippen LogP contribution in [-0.4, -0.2) is 4.99 Å². The Labute approximate surface area is 107 Å². The maximum Gasteiger partial charge on any atom is 0.103 e. The molecule has 0 saturated carbocycles. The highest BCUT2D eigenvalue weighted by Crippen LogP contribution is 2.06. The van der Waals surface area contributed by atoms with Crippen molar-refractivity contribution in [1.82, 2.24) is 0 Å². The molecule has 0 aliphatic rings. The van der Waals surface area contributed by atoms with E-state index in [9.17, 15) is 0 Å². The van der Waals surface area contributed by atoms with E-state index in [2.05, 4.69) is 5.32 Å². The Morgan fingerprint density at radius 2 is 1.47 bits per heavy atom. The summed E-state index contributed by atoms with van der Waals surface area (Å²) in [5.74, 6) is 0. The second kappa shape index (κ2) is 5.97. The highest BCUT2D eigenvalue weighted by Gasteiger charge is 1.92. The molecule has 2 aromatic rings. The summed E-state index contributed by atoms with van der Waals surface area (Å²) >= 11 is 5.24. The van der Waals surface area contributed by atoms with E-state index >= 15 is 0 Å². The van der Waals surface area contributed by atoms with Gasteiger partial charge in [-0.2, -0.15) is 0 Å². The Morgan fingerprint density at radius 1 is 0.882 bits per heavy atom. The van der Waals surface area contributed by atoms with Gasteiger partial charge in [0.25, 0.3) is 0 Å². The van der Waals surface area contributed by atoms with Crippen molar-refractivity contribution in [2.75, 3.05) is 5.32 Å². The molecule has 2 rings (SSSR count). The van der Waals surface area contributed by atoms with Gasteiger partial charge in [-0.25, -0.2) is 0 Å². The average molecular weight is 239 g/mol. The van der Waals surface area contributed by atoms with Crippen LogP contribution in [0.4, 0.5) is 5.69 Å². The van der Waals surface area contributed by atoms with Crippen molar-refractivity contribution in [1.29, 1.82) is 0 Å². The predicted octanol–water partition coefficient (Wildman–Crippen LogP) is 4.14. The summed E-state index contributed by atoms with van der Waals surface area (Å²) in [6, 6.07) is 20.0. The first kappa shape index (κ1) is 11.6. The van der Waals surface area contributed by atoms with E-state index < -0.39 is 0 Å². The minimum Gasteiger partial charge on any atom is -0.347 e. The SMILES string of the molecule is S=C(/C=C\c1ccccc1)Nc1ccccc1. The number of rotatable bonds is 3. The van der Waals surface area contributed by atoms with Crippen LogP contribution in [0, 0.1) is 0 Å². The van der Waals surface area contributed by atoms with Crippen molar-refractivity contribution in [3.8, 4) is 0 Å². The zero-order valence-corrected chi connectivity index (χ0v) is 10.2. The van der Waals surface area contributed by atoms with Crippen LogP contribution in [0.5, 0.6) is 0 Å². The van der Waals surface area contributed by atoms with Crippen LogP contribution >= 0.6 is 12.2 Å². The Hall–Kier alpha value is -1.93. The highest BCUT2D eigenvalue weighted by atomic mass is 32.1. The van der Waals surface area contributed by atoms with Gasteiger partial charge in [-0.15, -0.1) is 0 Å². The summed E-state index contributed by atoms with van der Waals surface area (Å²) in [5.41, 5.74) is 2.15. The Kier molecular flexibility index (Phi) is 4.05. The van der Waals surface area contributed by atoms with Gasteiger partial charge in [0.05, 0.1) is 0 Å². The molecule has 17 heavy (non-hydrogen) atoms. The van der Waals surface area contributed by atoms with Crippen molar-refractivity contribution in [3.63, 3.8) is 0 Å². The van der Waals surface area contributed by atoms with Crippen molar-refractivity contribution >= 4 is 29.0 Å². The number of hydrogen-bond donors (Lipinski definition) is 1. The summed E-state index contributed by atoms with van der Waals surface area (Å²) < 4.78 is 0. The van der Waals surface area contributed by atoms with Crippen LogP contribution in [0.25, 0.3) is 6.08 Å². The van der Waals surface area contributed by atoms with Gasteiger partial charge < -0.3 is 5.32 Å². The van der Waals surface area contributed by atoms with Gasteiger partial charge in [-0.05, 0) is 23.8 Å². The number of para-hydroxylation sites is 1. The van der Waals surface area contributed by atoms with E-state index in [0.29, 0.717) is 4.99 Å². The van der Waals surface area contributed by atoms with Crippen molar-refractivity contribution in [2.24, 2.45) is 0 Å². The van der Waals surface area contributed by atoms with E-state index in [1.807, 2.05) is 72.8 Å². The number of anilines is 1. The topological polar surface area (TPSA) is 12.0 Å². The summed E-state index contributed by atoms with van der Waals surface area (Å²) in [4.78, 5) is 0.708. The highest BCUT2D eigenvalue weighted by molar-refractivity contribution is 7.81. The first-order valence-electron chi connectivity index (χ1n) is 5.44. The zero-order chi connectivity index (χ0) is 11.9. The average Bonchev–Trinajstić information content (AvgIpc) is 2.39. The molecular weight excluding hydrogens is 226 g/mol. The molecule has 0 fully saturated rings. The summed E-state index contributed by atoms with van der Waals surface area (Å²) in [5, 5.41) is 3.16. The third-order valence-electron chi connectivity index (χ3n) is 2.27. The summed E-state index contributed by atoms with van der Waals surface area (Å²) in [6.07, 6.45) is 3.90. The maximum atomic E-state index is 5.24. The lowest BCUT2D eigenvalue weighted by molar-refractivity contribution is 1.65. The number of benzene rings is 2. The van der Waals surface area contributed by atoms with E-state index in [4.69, 9.17) is 12.2 Å². The van der Waals surface area contributed by atoms with Gasteiger partial charge in [-0.1, -0.05) is 66.8 Å². The smallest absolute Gasteiger partial charge is 0.103 e. The predicted molar refractivity (Wildman–Crippen MR) is 78.1 cm³/mol. The second-order valence-corrected chi connectivity index (χ2v) is 4.04. The zero-order valence-electron chi connectivity index (χ0n) is 9.34. The maximum absolute atomic E-state index is 5.24. The number of thiocarbonyl (C=S) groups is 1. The summed E-state index contributed by atoms with van der Waals surface area (Å²) in [7, 11) is 0. The van der Waals surface area contributed by atoms with Crippen molar-refractivity contribution in [2.45, 2.75) is 0 Å². The molecule has 2 aromatic carbocycles. The van der Waals surface area contributed by atoms with Gasteiger partial charge in [0.1, 0.15) is 4.99 Å². The van der Waals surface area contributed by atoms with Crippen molar-refractivity contribution < 1.29 is 0 Å². The van der Waals surface area contributed by atoms with Crippen molar-refractivity contribution in [3.05, 3.63) is 72.3 Å². The fraction of sp³-hybridized carbons (Fsp3) is 0. The molecule has 84 valence electrons. The van der Waals surface area contributed by atoms with Gasteiger partial charge in [0, 0.05) is 5.69 Å². The van der Waals surface area contributed by atoms with Gasteiger partial charge in [0.15, 0.2) is 0 Å². The molecule has 1 nitrogen and oxygen atoms in total. The molecule has 0 aromatic heterocycles. The van der Waals surface area contributed by atoms with Gasteiger partial charge in [0.2, 0.25) is 0 Å². The van der Waals surface area contributed by atoms with Gasteiger partial charge in [-0.3, -0.25) is 0 Å². The Morgan fingerprint density at radius 3 is 2.12 bits per heavy atom. The van der Waals surface area contributed by atoms with Crippen LogP contribution < -0.4 is 5.32 Å². The lowest BCUT2D eigenvalue weighted by atomic mass is 10.2. The molecule has 0 spiro atoms. The monoisotopic (exact) mass is 239 g/mol. The van der Waals surface area contributed by atoms with Crippen LogP contribution in [0.15, 0.2) is 66.7 Å². The molecule has 2 heteroatoms. The first-order chi connectivity index (χ1) is 8.34. The molecule has 0 aliphatic heterocycles. The standard InChI is InChI=1S/C15H13NS/c17-15(16-14-9-5-2-6-10-14)12-11-13-7-3-1-4-8-13/h1-12H,(H,16,17)/b12-11-. The van der Waals surface area contributed by atoms with Crippen LogP contribution in [0.3, 0.4) is 0 Å². The first-order valence-corrected chi connectivity index (χ1v) is 5.84. The third kappa shape index (κ3) is 3.85. The molecule has 0 amide bonds. The van der Waals surface area contributed by atoms with E-state index in [0.717, 1.165) is 11.3 Å². The minimum absolute atomic E-state index is 0.708. The fourth-order valence-electron chi connectivity index (χ4n) is 1.44. The molecular formula is C15H13NS. The van der Waals surface area contributed by atoms with E-state index in [-0.39, 0.29) is 0 Å². The minimum atomic E-state index is 0.708. The molecule has 0 atom stereocenters. The van der Waals surface area contributed by atoms with Crippen LogP contribution in [0.1, 0.15) is 5.56 Å². The fourth-order valence-corrected chi connectivity index (χ4v) is 1.63. The quantitative estimate of drug-likeness (QED) is 0.638. The van der Waals surface area contributed by atoms with E-state index in [1.165, 1.54) is 0 Å². The Balaban J connectivity index is 1.96. The second-order valence-electron chi connectivity index (χ2n) is 3.60. The summed E-state index contributed by atoms with van der Waals surface area (Å²) in [6.45, 7) is 0.